The van der Waals surface area contributed by atoms with Crippen LogP contribution in [0, 0.1) is 17.3 Å². The van der Waals surface area contributed by atoms with Gasteiger partial charge in [-0.1, -0.05) is 24.1 Å². The third-order valence-corrected chi connectivity index (χ3v) is 3.53. The third-order valence-electron chi connectivity index (χ3n) is 3.53. The van der Waals surface area contributed by atoms with Crippen LogP contribution in [-0.2, 0) is 14.3 Å². The number of benzene rings is 1. The lowest BCUT2D eigenvalue weighted by Gasteiger charge is -2.20. The fourth-order valence-corrected chi connectivity index (χ4v) is 2.27. The van der Waals surface area contributed by atoms with Crippen molar-refractivity contribution in [2.24, 2.45) is 5.41 Å². The van der Waals surface area contributed by atoms with Crippen LogP contribution in [0.15, 0.2) is 30.3 Å². The predicted molar refractivity (Wildman–Crippen MR) is 74.6 cm³/mol. The largest absolute Gasteiger partial charge is 0.469 e. The highest BCUT2D eigenvalue weighted by Crippen LogP contribution is 2.31. The lowest BCUT2D eigenvalue weighted by atomic mass is 9.90. The van der Waals surface area contributed by atoms with Gasteiger partial charge in [-0.25, -0.2) is 0 Å². The first kappa shape index (κ1) is 14.1. The summed E-state index contributed by atoms with van der Waals surface area (Å²) < 4.78 is 4.78. The third kappa shape index (κ3) is 3.00. The summed E-state index contributed by atoms with van der Waals surface area (Å²) in [6.45, 7) is 2.71. The fraction of sp³-hybridized carbons (Fsp3) is 0.375. The maximum atomic E-state index is 12.0. The average Bonchev–Trinajstić information content (AvgIpc) is 2.89. The van der Waals surface area contributed by atoms with Gasteiger partial charge >= 0.3 is 5.97 Å². The van der Waals surface area contributed by atoms with Gasteiger partial charge in [-0.3, -0.25) is 9.59 Å². The van der Waals surface area contributed by atoms with Crippen molar-refractivity contribution < 1.29 is 14.3 Å². The van der Waals surface area contributed by atoms with E-state index in [9.17, 15) is 9.59 Å². The number of carbonyl (C=O) groups is 2. The van der Waals surface area contributed by atoms with E-state index in [1.54, 1.807) is 4.90 Å². The molecule has 1 aliphatic heterocycles. The van der Waals surface area contributed by atoms with E-state index in [-0.39, 0.29) is 11.9 Å². The van der Waals surface area contributed by atoms with E-state index in [1.165, 1.54) is 7.11 Å². The lowest BCUT2D eigenvalue weighted by Crippen LogP contribution is -2.35. The summed E-state index contributed by atoms with van der Waals surface area (Å²) in [4.78, 5) is 25.3. The van der Waals surface area contributed by atoms with E-state index in [2.05, 4.69) is 11.8 Å². The molecule has 1 unspecified atom stereocenters. The van der Waals surface area contributed by atoms with Gasteiger partial charge in [-0.15, -0.1) is 0 Å². The van der Waals surface area contributed by atoms with Crippen molar-refractivity contribution in [3.8, 4) is 11.8 Å². The number of nitrogens with zero attached hydrogens (tertiary/aromatic N) is 1. The molecular formula is C16H17NO3. The standard InChI is InChI=1S/C16H17NO3/c1-16(15(19)20-2)10-11-17(12-16)14(18)9-8-13-6-4-3-5-7-13/h3-7H,10-12H2,1-2H3. The molecule has 4 nitrogen and oxygen atoms in total. The zero-order chi connectivity index (χ0) is 14.6. The molecule has 0 radical (unpaired) electrons. The Labute approximate surface area is 118 Å². The van der Waals surface area contributed by atoms with Gasteiger partial charge in [-0.05, 0) is 25.5 Å². The van der Waals surface area contributed by atoms with Crippen molar-refractivity contribution in [2.75, 3.05) is 20.2 Å². The van der Waals surface area contributed by atoms with Crippen molar-refractivity contribution in [3.05, 3.63) is 35.9 Å². The number of rotatable bonds is 1. The van der Waals surface area contributed by atoms with Gasteiger partial charge < -0.3 is 9.64 Å². The quantitative estimate of drug-likeness (QED) is 0.574. The molecule has 1 heterocycles. The summed E-state index contributed by atoms with van der Waals surface area (Å²) in [5.74, 6) is 4.93. The molecule has 20 heavy (non-hydrogen) atoms. The number of hydrogen-bond donors (Lipinski definition) is 0. The summed E-state index contributed by atoms with van der Waals surface area (Å²) in [6.07, 6.45) is 0.610. The SMILES string of the molecule is COC(=O)C1(C)CCN(C(=O)C#Cc2ccccc2)C1. The minimum atomic E-state index is -0.612. The normalized spacial score (nSPS) is 21.0. The second-order valence-corrected chi connectivity index (χ2v) is 5.14. The van der Waals surface area contributed by atoms with Gasteiger partial charge in [0.25, 0.3) is 5.91 Å². The van der Waals surface area contributed by atoms with Gasteiger partial charge in [0.05, 0.1) is 12.5 Å². The van der Waals surface area contributed by atoms with Crippen molar-refractivity contribution in [1.82, 2.24) is 4.90 Å². The Morgan fingerprint density at radius 3 is 2.65 bits per heavy atom. The smallest absolute Gasteiger partial charge is 0.313 e. The second-order valence-electron chi connectivity index (χ2n) is 5.14. The van der Waals surface area contributed by atoms with Crippen LogP contribution in [0.2, 0.25) is 0 Å². The molecule has 0 aliphatic carbocycles. The first-order valence-electron chi connectivity index (χ1n) is 6.49. The number of likely N-dealkylation sites (tertiary alicyclic amines) is 1. The summed E-state index contributed by atoms with van der Waals surface area (Å²) >= 11 is 0. The van der Waals surface area contributed by atoms with E-state index >= 15 is 0 Å². The first-order valence-corrected chi connectivity index (χ1v) is 6.49. The fourth-order valence-electron chi connectivity index (χ4n) is 2.27. The zero-order valence-electron chi connectivity index (χ0n) is 11.7. The van der Waals surface area contributed by atoms with Crippen LogP contribution in [0.3, 0.4) is 0 Å². The topological polar surface area (TPSA) is 46.6 Å². The number of methoxy groups -OCH3 is 1. The number of amides is 1. The molecule has 104 valence electrons. The number of esters is 1. The minimum Gasteiger partial charge on any atom is -0.469 e. The van der Waals surface area contributed by atoms with E-state index in [4.69, 9.17) is 4.74 Å². The lowest BCUT2D eigenvalue weighted by molar-refractivity contribution is -0.151. The van der Waals surface area contributed by atoms with E-state index in [0.29, 0.717) is 19.5 Å². The molecule has 1 aromatic rings. The summed E-state index contributed by atoms with van der Waals surface area (Å²) in [7, 11) is 1.37. The molecule has 0 N–H and O–H groups in total. The molecule has 1 aromatic carbocycles. The van der Waals surface area contributed by atoms with Gasteiger partial charge in [0.15, 0.2) is 0 Å². The van der Waals surface area contributed by atoms with Gasteiger partial charge in [0.2, 0.25) is 0 Å². The molecule has 0 saturated carbocycles. The van der Waals surface area contributed by atoms with Crippen molar-refractivity contribution in [3.63, 3.8) is 0 Å². The highest BCUT2D eigenvalue weighted by Gasteiger charge is 2.42. The van der Waals surface area contributed by atoms with Crippen LogP contribution in [0.4, 0.5) is 0 Å². The molecule has 2 rings (SSSR count). The van der Waals surface area contributed by atoms with Gasteiger partial charge in [0, 0.05) is 24.6 Å². The highest BCUT2D eigenvalue weighted by molar-refractivity contribution is 5.95. The van der Waals surface area contributed by atoms with Crippen LogP contribution in [0.25, 0.3) is 0 Å². The van der Waals surface area contributed by atoms with Crippen LogP contribution < -0.4 is 0 Å². The number of hydrogen-bond acceptors (Lipinski definition) is 3. The van der Waals surface area contributed by atoms with E-state index in [0.717, 1.165) is 5.56 Å². The summed E-state index contributed by atoms with van der Waals surface area (Å²) in [5.41, 5.74) is 0.189. The Hall–Kier alpha value is -2.28. The highest BCUT2D eigenvalue weighted by atomic mass is 16.5. The first-order chi connectivity index (χ1) is 9.55. The molecule has 0 spiro atoms. The van der Waals surface area contributed by atoms with E-state index in [1.807, 2.05) is 37.3 Å². The Balaban J connectivity index is 2.03. The average molecular weight is 271 g/mol. The summed E-state index contributed by atoms with van der Waals surface area (Å²) in [6, 6.07) is 9.35. The molecule has 0 aromatic heterocycles. The van der Waals surface area contributed by atoms with Crippen molar-refractivity contribution >= 4 is 11.9 Å². The molecule has 1 fully saturated rings. The molecule has 4 heteroatoms. The van der Waals surface area contributed by atoms with Crippen LogP contribution in [0.1, 0.15) is 18.9 Å². The Morgan fingerprint density at radius 2 is 2.00 bits per heavy atom. The second kappa shape index (κ2) is 5.79. The van der Waals surface area contributed by atoms with Gasteiger partial charge in [-0.2, -0.15) is 0 Å². The van der Waals surface area contributed by atoms with Gasteiger partial charge in [0.1, 0.15) is 0 Å². The van der Waals surface area contributed by atoms with Crippen LogP contribution in [0.5, 0.6) is 0 Å². The van der Waals surface area contributed by atoms with Crippen molar-refractivity contribution in [2.45, 2.75) is 13.3 Å². The van der Waals surface area contributed by atoms with Crippen LogP contribution in [-0.4, -0.2) is 37.0 Å². The summed E-state index contributed by atoms with van der Waals surface area (Å²) in [5, 5.41) is 0. The van der Waals surface area contributed by atoms with E-state index < -0.39 is 5.41 Å². The predicted octanol–water partition coefficient (Wildman–Crippen LogP) is 1.45. The molecule has 1 aliphatic rings. The molecule has 1 saturated heterocycles. The maximum absolute atomic E-state index is 12.0. The molecule has 0 bridgehead atoms. The molecule has 1 amide bonds. The molecule has 1 atom stereocenters. The van der Waals surface area contributed by atoms with Crippen LogP contribution >= 0.6 is 0 Å². The molecular weight excluding hydrogens is 254 g/mol. The Kier molecular flexibility index (Phi) is 4.09. The van der Waals surface area contributed by atoms with Crippen molar-refractivity contribution in [1.29, 1.82) is 0 Å². The Bertz CT molecular complexity index is 570. The monoisotopic (exact) mass is 271 g/mol. The maximum Gasteiger partial charge on any atom is 0.313 e. The number of ether oxygens (including phenoxy) is 1. The number of carbonyl (C=O) groups excluding carboxylic acids is 2. The Morgan fingerprint density at radius 1 is 1.30 bits per heavy atom. The zero-order valence-corrected chi connectivity index (χ0v) is 11.7. The minimum absolute atomic E-state index is 0.249.